The van der Waals surface area contributed by atoms with E-state index in [-0.39, 0.29) is 18.0 Å². The SMILES string of the molecule is O=C(NCc1ccccc1)Nc1ccc(Cl)c(C(=O)NC2CC2)c1. The van der Waals surface area contributed by atoms with Gasteiger partial charge in [-0.25, -0.2) is 4.79 Å². The molecule has 0 atom stereocenters. The average Bonchev–Trinajstić information content (AvgIpc) is 3.39. The molecule has 6 heteroatoms. The zero-order valence-corrected chi connectivity index (χ0v) is 13.8. The Bertz CT molecular complexity index is 745. The number of carbonyl (C=O) groups excluding carboxylic acids is 2. The number of hydrogen-bond acceptors (Lipinski definition) is 2. The first kappa shape index (κ1) is 16.3. The van der Waals surface area contributed by atoms with Crippen molar-refractivity contribution in [3.8, 4) is 0 Å². The van der Waals surface area contributed by atoms with Crippen molar-refractivity contribution in [3.05, 3.63) is 64.7 Å². The van der Waals surface area contributed by atoms with Crippen LogP contribution in [-0.4, -0.2) is 18.0 Å². The number of hydrogen-bond donors (Lipinski definition) is 3. The van der Waals surface area contributed by atoms with E-state index in [9.17, 15) is 9.59 Å². The summed E-state index contributed by atoms with van der Waals surface area (Å²) in [7, 11) is 0. The van der Waals surface area contributed by atoms with E-state index < -0.39 is 0 Å². The van der Waals surface area contributed by atoms with Crippen LogP contribution in [0.5, 0.6) is 0 Å². The van der Waals surface area contributed by atoms with Gasteiger partial charge < -0.3 is 16.0 Å². The number of carbonyl (C=O) groups is 2. The fourth-order valence-electron chi connectivity index (χ4n) is 2.22. The maximum atomic E-state index is 12.1. The summed E-state index contributed by atoms with van der Waals surface area (Å²) in [6, 6.07) is 14.4. The molecule has 1 aliphatic carbocycles. The standard InChI is InChI=1S/C18H18ClN3O2/c19-16-9-8-14(10-15(16)17(23)21-13-6-7-13)22-18(24)20-11-12-4-2-1-3-5-12/h1-5,8-10,13H,6-7,11H2,(H,21,23)(H2,20,22,24). The Morgan fingerprint density at radius 2 is 1.83 bits per heavy atom. The highest BCUT2D eigenvalue weighted by Gasteiger charge is 2.24. The number of nitrogens with one attached hydrogen (secondary N) is 3. The third-order valence-electron chi connectivity index (χ3n) is 3.68. The molecule has 2 aromatic rings. The minimum absolute atomic E-state index is 0.212. The topological polar surface area (TPSA) is 70.2 Å². The number of benzene rings is 2. The van der Waals surface area contributed by atoms with Gasteiger partial charge in [0.2, 0.25) is 0 Å². The van der Waals surface area contributed by atoms with Crippen molar-refractivity contribution in [1.82, 2.24) is 10.6 Å². The molecule has 0 spiro atoms. The predicted octanol–water partition coefficient (Wildman–Crippen LogP) is 3.55. The average molecular weight is 344 g/mol. The lowest BCUT2D eigenvalue weighted by molar-refractivity contribution is 0.0951. The molecule has 0 aromatic heterocycles. The molecule has 0 heterocycles. The quantitative estimate of drug-likeness (QED) is 0.777. The molecule has 24 heavy (non-hydrogen) atoms. The fourth-order valence-corrected chi connectivity index (χ4v) is 2.42. The number of halogens is 1. The summed E-state index contributed by atoms with van der Waals surface area (Å²) in [6.07, 6.45) is 2.01. The number of amides is 3. The van der Waals surface area contributed by atoms with Crippen molar-refractivity contribution in [1.29, 1.82) is 0 Å². The van der Waals surface area contributed by atoms with E-state index in [4.69, 9.17) is 11.6 Å². The van der Waals surface area contributed by atoms with Crippen LogP contribution in [0.2, 0.25) is 5.02 Å². The second kappa shape index (κ2) is 7.36. The molecule has 0 unspecified atom stereocenters. The number of anilines is 1. The minimum Gasteiger partial charge on any atom is -0.349 e. The fraction of sp³-hybridized carbons (Fsp3) is 0.222. The van der Waals surface area contributed by atoms with Crippen LogP contribution in [0.1, 0.15) is 28.8 Å². The second-order valence-electron chi connectivity index (χ2n) is 5.74. The van der Waals surface area contributed by atoms with Crippen LogP contribution in [-0.2, 0) is 6.54 Å². The molecule has 1 fully saturated rings. The lowest BCUT2D eigenvalue weighted by atomic mass is 10.2. The van der Waals surface area contributed by atoms with Crippen molar-refractivity contribution in [2.75, 3.05) is 5.32 Å². The van der Waals surface area contributed by atoms with Crippen LogP contribution in [0, 0.1) is 0 Å². The molecular weight excluding hydrogens is 326 g/mol. The second-order valence-corrected chi connectivity index (χ2v) is 6.14. The zero-order valence-electron chi connectivity index (χ0n) is 13.0. The van der Waals surface area contributed by atoms with Gasteiger partial charge in [-0.2, -0.15) is 0 Å². The van der Waals surface area contributed by atoms with E-state index in [1.807, 2.05) is 30.3 Å². The molecule has 5 nitrogen and oxygen atoms in total. The Labute approximate surface area is 145 Å². The van der Waals surface area contributed by atoms with Crippen molar-refractivity contribution >= 4 is 29.2 Å². The Morgan fingerprint density at radius 3 is 2.54 bits per heavy atom. The van der Waals surface area contributed by atoms with Crippen LogP contribution in [0.15, 0.2) is 48.5 Å². The first-order chi connectivity index (χ1) is 11.6. The summed E-state index contributed by atoms with van der Waals surface area (Å²) in [5, 5.41) is 8.74. The first-order valence-electron chi connectivity index (χ1n) is 7.81. The van der Waals surface area contributed by atoms with Crippen molar-refractivity contribution in [3.63, 3.8) is 0 Å². The number of urea groups is 1. The third-order valence-corrected chi connectivity index (χ3v) is 4.01. The van der Waals surface area contributed by atoms with Gasteiger partial charge in [0, 0.05) is 18.3 Å². The molecule has 1 aliphatic rings. The van der Waals surface area contributed by atoms with Gasteiger partial charge in [-0.05, 0) is 36.6 Å². The highest BCUT2D eigenvalue weighted by atomic mass is 35.5. The van der Waals surface area contributed by atoms with Crippen molar-refractivity contribution < 1.29 is 9.59 Å². The summed E-state index contributed by atoms with van der Waals surface area (Å²) >= 11 is 6.08. The lowest BCUT2D eigenvalue weighted by Gasteiger charge is -2.10. The van der Waals surface area contributed by atoms with Crippen molar-refractivity contribution in [2.24, 2.45) is 0 Å². The molecule has 3 rings (SSSR count). The predicted molar refractivity (Wildman–Crippen MR) is 94.2 cm³/mol. The van der Waals surface area contributed by atoms with E-state index >= 15 is 0 Å². The molecule has 0 bridgehead atoms. The summed E-state index contributed by atoms with van der Waals surface area (Å²) < 4.78 is 0. The summed E-state index contributed by atoms with van der Waals surface area (Å²) in [5.74, 6) is -0.212. The monoisotopic (exact) mass is 343 g/mol. The van der Waals surface area contributed by atoms with Gasteiger partial charge in [0.25, 0.3) is 5.91 Å². The highest BCUT2D eigenvalue weighted by molar-refractivity contribution is 6.34. The van der Waals surface area contributed by atoms with Crippen LogP contribution in [0.25, 0.3) is 0 Å². The molecule has 1 saturated carbocycles. The van der Waals surface area contributed by atoms with E-state index in [1.54, 1.807) is 18.2 Å². The maximum absolute atomic E-state index is 12.1. The minimum atomic E-state index is -0.338. The van der Waals surface area contributed by atoms with Gasteiger partial charge in [-0.3, -0.25) is 4.79 Å². The van der Waals surface area contributed by atoms with Crippen LogP contribution in [0.3, 0.4) is 0 Å². The molecule has 2 aromatic carbocycles. The largest absolute Gasteiger partial charge is 0.349 e. The zero-order chi connectivity index (χ0) is 16.9. The lowest BCUT2D eigenvalue weighted by Crippen LogP contribution is -2.29. The van der Waals surface area contributed by atoms with Crippen molar-refractivity contribution in [2.45, 2.75) is 25.4 Å². The normalized spacial score (nSPS) is 13.2. The Balaban J connectivity index is 1.59. The van der Waals surface area contributed by atoms with Gasteiger partial charge in [-0.15, -0.1) is 0 Å². The smallest absolute Gasteiger partial charge is 0.319 e. The Hall–Kier alpha value is -2.53. The van der Waals surface area contributed by atoms with E-state index in [0.29, 0.717) is 22.8 Å². The summed E-state index contributed by atoms with van der Waals surface area (Å²) in [6.45, 7) is 0.426. The summed E-state index contributed by atoms with van der Waals surface area (Å²) in [5.41, 5.74) is 1.89. The van der Waals surface area contributed by atoms with E-state index in [2.05, 4.69) is 16.0 Å². The van der Waals surface area contributed by atoms with E-state index in [1.165, 1.54) is 0 Å². The van der Waals surface area contributed by atoms with Gasteiger partial charge >= 0.3 is 6.03 Å². The maximum Gasteiger partial charge on any atom is 0.319 e. The van der Waals surface area contributed by atoms with E-state index in [0.717, 1.165) is 18.4 Å². The van der Waals surface area contributed by atoms with Gasteiger partial charge in [0.05, 0.1) is 10.6 Å². The molecular formula is C18H18ClN3O2. The highest BCUT2D eigenvalue weighted by Crippen LogP contribution is 2.23. The Morgan fingerprint density at radius 1 is 1.08 bits per heavy atom. The first-order valence-corrected chi connectivity index (χ1v) is 8.19. The number of rotatable bonds is 5. The van der Waals surface area contributed by atoms with Crippen LogP contribution < -0.4 is 16.0 Å². The molecule has 0 radical (unpaired) electrons. The molecule has 124 valence electrons. The summed E-state index contributed by atoms with van der Waals surface area (Å²) in [4.78, 5) is 24.1. The molecule has 3 N–H and O–H groups in total. The molecule has 0 aliphatic heterocycles. The van der Waals surface area contributed by atoms with Gasteiger partial charge in [0.1, 0.15) is 0 Å². The van der Waals surface area contributed by atoms with Crippen LogP contribution >= 0.6 is 11.6 Å². The van der Waals surface area contributed by atoms with Crippen LogP contribution in [0.4, 0.5) is 10.5 Å². The third kappa shape index (κ3) is 4.49. The Kier molecular flexibility index (Phi) is 5.01. The van der Waals surface area contributed by atoms with Gasteiger partial charge in [-0.1, -0.05) is 41.9 Å². The molecule has 3 amide bonds. The van der Waals surface area contributed by atoms with Gasteiger partial charge in [0.15, 0.2) is 0 Å². The molecule has 0 saturated heterocycles.